The van der Waals surface area contributed by atoms with E-state index < -0.39 is 0 Å². The second kappa shape index (κ2) is 5.51. The molecule has 0 saturated carbocycles. The molecule has 0 saturated heterocycles. The van der Waals surface area contributed by atoms with Crippen LogP contribution in [0.5, 0.6) is 0 Å². The fourth-order valence-corrected chi connectivity index (χ4v) is 1.56. The molecule has 0 atom stereocenters. The predicted molar refractivity (Wildman–Crippen MR) is 41.5 cm³/mol. The molecule has 0 radical (unpaired) electrons. The maximum absolute atomic E-state index is 10.3. The topological polar surface area (TPSA) is 17.1 Å². The van der Waals surface area contributed by atoms with Gasteiger partial charge in [0.1, 0.15) is 0 Å². The normalized spacial score (nSPS) is 9.25. The lowest BCUT2D eigenvalue weighted by Crippen LogP contribution is -1.87. The first-order valence-corrected chi connectivity index (χ1v) is 4.77. The first-order chi connectivity index (χ1) is 3.77. The Morgan fingerprint density at radius 1 is 1.50 bits per heavy atom. The lowest BCUT2D eigenvalue weighted by atomic mass is 10.9. The lowest BCUT2D eigenvalue weighted by molar-refractivity contribution is -0.109. The van der Waals surface area contributed by atoms with Gasteiger partial charge in [-0.15, -0.1) is 0 Å². The van der Waals surface area contributed by atoms with Crippen molar-refractivity contribution < 1.29 is 4.79 Å². The first kappa shape index (κ1) is 8.37. The summed E-state index contributed by atoms with van der Waals surface area (Å²) in [5.74, 6) is 2.03. The number of hydrogen-bond donors (Lipinski definition) is 0. The van der Waals surface area contributed by atoms with Crippen LogP contribution in [0.4, 0.5) is 0 Å². The third kappa shape index (κ3) is 6.37. The molecule has 1 nitrogen and oxygen atoms in total. The maximum Gasteiger partial charge on any atom is 0.185 e. The summed E-state index contributed by atoms with van der Waals surface area (Å²) in [6.45, 7) is 1.60. The van der Waals surface area contributed by atoms with Crippen molar-refractivity contribution in [1.82, 2.24) is 0 Å². The van der Waals surface area contributed by atoms with Crippen LogP contribution < -0.4 is 0 Å². The lowest BCUT2D eigenvalue weighted by Gasteiger charge is -1.90. The van der Waals surface area contributed by atoms with Crippen molar-refractivity contribution in [2.45, 2.75) is 6.92 Å². The Morgan fingerprint density at radius 2 is 2.12 bits per heavy atom. The Kier molecular flexibility index (Phi) is 5.76. The Bertz CT molecular complexity index is 72.8. The van der Waals surface area contributed by atoms with Gasteiger partial charge in [-0.05, 0) is 6.26 Å². The van der Waals surface area contributed by atoms with Crippen molar-refractivity contribution >= 4 is 28.6 Å². The van der Waals surface area contributed by atoms with Gasteiger partial charge in [-0.2, -0.15) is 11.8 Å². The van der Waals surface area contributed by atoms with E-state index in [1.54, 1.807) is 18.7 Å². The van der Waals surface area contributed by atoms with Crippen LogP contribution in [0.15, 0.2) is 0 Å². The highest BCUT2D eigenvalue weighted by Crippen LogP contribution is 2.03. The van der Waals surface area contributed by atoms with Crippen LogP contribution in [-0.2, 0) is 4.79 Å². The molecule has 0 N–H and O–H groups in total. The predicted octanol–water partition coefficient (Wildman–Crippen LogP) is 1.63. The monoisotopic (exact) mass is 150 g/mol. The first-order valence-electron chi connectivity index (χ1n) is 2.39. The summed E-state index contributed by atoms with van der Waals surface area (Å²) in [7, 11) is 0. The largest absolute Gasteiger partial charge is 0.288 e. The molecule has 0 aromatic carbocycles. The fourth-order valence-electron chi connectivity index (χ4n) is 0.269. The summed E-state index contributed by atoms with van der Waals surface area (Å²) in [5.41, 5.74) is 0. The standard InChI is InChI=1S/C5H10OS2/c1-5(6)8-4-3-7-2/h3-4H2,1-2H3. The molecule has 0 spiro atoms. The average Bonchev–Trinajstić information content (AvgIpc) is 1.66. The summed E-state index contributed by atoms with van der Waals surface area (Å²) in [5, 5.41) is 0.221. The second-order valence-corrected chi connectivity index (χ2v) is 3.59. The molecular formula is C5H10OS2. The minimum Gasteiger partial charge on any atom is -0.288 e. The van der Waals surface area contributed by atoms with Crippen LogP contribution in [-0.4, -0.2) is 22.9 Å². The molecule has 0 aromatic rings. The van der Waals surface area contributed by atoms with Crippen molar-refractivity contribution in [3.8, 4) is 0 Å². The van der Waals surface area contributed by atoms with Gasteiger partial charge in [0.25, 0.3) is 0 Å². The average molecular weight is 150 g/mol. The van der Waals surface area contributed by atoms with Crippen LogP contribution in [0, 0.1) is 0 Å². The van der Waals surface area contributed by atoms with Crippen LogP contribution >= 0.6 is 23.5 Å². The van der Waals surface area contributed by atoms with E-state index >= 15 is 0 Å². The van der Waals surface area contributed by atoms with Gasteiger partial charge >= 0.3 is 0 Å². The molecule has 0 bridgehead atoms. The fraction of sp³-hybridized carbons (Fsp3) is 0.800. The third-order valence-electron chi connectivity index (χ3n) is 0.593. The van der Waals surface area contributed by atoms with Crippen LogP contribution in [0.2, 0.25) is 0 Å². The molecule has 8 heavy (non-hydrogen) atoms. The number of rotatable bonds is 3. The van der Waals surface area contributed by atoms with E-state index in [0.717, 1.165) is 11.5 Å². The summed E-state index contributed by atoms with van der Waals surface area (Å²) < 4.78 is 0. The quantitative estimate of drug-likeness (QED) is 0.569. The number of hydrogen-bond acceptors (Lipinski definition) is 3. The minimum absolute atomic E-state index is 0.221. The summed E-state index contributed by atoms with van der Waals surface area (Å²) in [4.78, 5) is 10.3. The summed E-state index contributed by atoms with van der Waals surface area (Å²) in [6, 6.07) is 0. The van der Waals surface area contributed by atoms with Crippen LogP contribution in [0.3, 0.4) is 0 Å². The van der Waals surface area contributed by atoms with Gasteiger partial charge in [-0.1, -0.05) is 11.8 Å². The SMILES string of the molecule is CSCCSC(C)=O. The summed E-state index contributed by atoms with van der Waals surface area (Å²) in [6.07, 6.45) is 2.04. The molecule has 0 aliphatic heterocycles. The molecule has 3 heteroatoms. The Hall–Kier alpha value is 0.370. The molecule has 0 aliphatic carbocycles. The van der Waals surface area contributed by atoms with E-state index in [2.05, 4.69) is 0 Å². The van der Waals surface area contributed by atoms with E-state index in [1.165, 1.54) is 11.8 Å². The minimum atomic E-state index is 0.221. The Labute approximate surface area is 58.6 Å². The van der Waals surface area contributed by atoms with Crippen molar-refractivity contribution in [3.63, 3.8) is 0 Å². The van der Waals surface area contributed by atoms with E-state index in [0.29, 0.717) is 0 Å². The van der Waals surface area contributed by atoms with Crippen molar-refractivity contribution in [2.75, 3.05) is 17.8 Å². The van der Waals surface area contributed by atoms with Gasteiger partial charge in [0.05, 0.1) is 0 Å². The van der Waals surface area contributed by atoms with Crippen LogP contribution in [0.25, 0.3) is 0 Å². The number of carbonyl (C=O) groups is 1. The highest BCUT2D eigenvalue weighted by Gasteiger charge is 1.90. The molecule has 0 unspecified atom stereocenters. The third-order valence-corrected chi connectivity index (χ3v) is 2.28. The zero-order chi connectivity index (χ0) is 6.41. The molecule has 0 rings (SSSR count). The molecule has 0 aliphatic rings. The maximum atomic E-state index is 10.3. The zero-order valence-corrected chi connectivity index (χ0v) is 6.77. The second-order valence-electron chi connectivity index (χ2n) is 1.33. The highest BCUT2D eigenvalue weighted by molar-refractivity contribution is 8.14. The van der Waals surface area contributed by atoms with Crippen LogP contribution in [0.1, 0.15) is 6.92 Å². The van der Waals surface area contributed by atoms with E-state index in [1.807, 2.05) is 6.26 Å². The van der Waals surface area contributed by atoms with Gasteiger partial charge < -0.3 is 0 Å². The molecule has 0 heterocycles. The van der Waals surface area contributed by atoms with Gasteiger partial charge in [-0.25, -0.2) is 0 Å². The van der Waals surface area contributed by atoms with Gasteiger partial charge in [0.15, 0.2) is 5.12 Å². The Morgan fingerprint density at radius 3 is 2.50 bits per heavy atom. The van der Waals surface area contributed by atoms with E-state index in [4.69, 9.17) is 0 Å². The van der Waals surface area contributed by atoms with Crippen molar-refractivity contribution in [1.29, 1.82) is 0 Å². The highest BCUT2D eigenvalue weighted by atomic mass is 32.2. The molecule has 48 valence electrons. The van der Waals surface area contributed by atoms with Gasteiger partial charge in [0.2, 0.25) is 0 Å². The number of carbonyl (C=O) groups excluding carboxylic acids is 1. The van der Waals surface area contributed by atoms with Crippen molar-refractivity contribution in [2.24, 2.45) is 0 Å². The number of thioether (sulfide) groups is 2. The molecule has 0 amide bonds. The smallest absolute Gasteiger partial charge is 0.185 e. The van der Waals surface area contributed by atoms with Gasteiger partial charge in [0, 0.05) is 18.4 Å². The van der Waals surface area contributed by atoms with Crippen molar-refractivity contribution in [3.05, 3.63) is 0 Å². The molecular weight excluding hydrogens is 140 g/mol. The van der Waals surface area contributed by atoms with E-state index in [9.17, 15) is 4.79 Å². The summed E-state index contributed by atoms with van der Waals surface area (Å²) >= 11 is 3.17. The van der Waals surface area contributed by atoms with Gasteiger partial charge in [-0.3, -0.25) is 4.79 Å². The Balaban J connectivity index is 2.82. The zero-order valence-electron chi connectivity index (χ0n) is 5.14. The van der Waals surface area contributed by atoms with E-state index in [-0.39, 0.29) is 5.12 Å². The molecule has 0 aromatic heterocycles. The molecule has 0 fully saturated rings.